The van der Waals surface area contributed by atoms with Crippen LogP contribution in [0.2, 0.25) is 0 Å². The molecular formula is C18H23FN2O3. The number of carbonyl (C=O) groups excluding carboxylic acids is 2. The number of ether oxygens (including phenoxy) is 1. The SMILES string of the molecule is COCCC(=O)N1C[C@@H](c2cccc(F)c2)[C@@]2(CCCC(=O)N2)C1. The fraction of sp³-hybridized carbons (Fsp3) is 0.556. The van der Waals surface area contributed by atoms with E-state index >= 15 is 0 Å². The molecule has 130 valence electrons. The lowest BCUT2D eigenvalue weighted by molar-refractivity contribution is -0.132. The Morgan fingerprint density at radius 1 is 1.50 bits per heavy atom. The number of hydrogen-bond donors (Lipinski definition) is 1. The zero-order valence-electron chi connectivity index (χ0n) is 13.9. The van der Waals surface area contributed by atoms with E-state index < -0.39 is 5.54 Å². The van der Waals surface area contributed by atoms with E-state index in [1.807, 2.05) is 6.07 Å². The first kappa shape index (κ1) is 16.9. The minimum absolute atomic E-state index is 0.00819. The summed E-state index contributed by atoms with van der Waals surface area (Å²) in [5.41, 5.74) is 0.338. The molecule has 6 heteroatoms. The van der Waals surface area contributed by atoms with Crippen LogP contribution in [-0.2, 0) is 14.3 Å². The Kier molecular flexibility index (Phi) is 4.85. The van der Waals surface area contributed by atoms with Crippen LogP contribution >= 0.6 is 0 Å². The van der Waals surface area contributed by atoms with Crippen molar-refractivity contribution in [3.05, 3.63) is 35.6 Å². The first-order chi connectivity index (χ1) is 11.5. The summed E-state index contributed by atoms with van der Waals surface area (Å²) < 4.78 is 18.7. The smallest absolute Gasteiger partial charge is 0.224 e. The number of likely N-dealkylation sites (tertiary alicyclic amines) is 1. The standard InChI is InChI=1S/C18H23FN2O3/c1-24-9-7-17(23)21-11-15(13-4-2-5-14(19)10-13)18(12-21)8-3-6-16(22)20-18/h2,4-5,10,15H,3,6-9,11-12H2,1H3,(H,20,22)/t15-,18+/m0/s1. The Bertz CT molecular complexity index is 636. The maximum absolute atomic E-state index is 13.7. The maximum Gasteiger partial charge on any atom is 0.224 e. The lowest BCUT2D eigenvalue weighted by Crippen LogP contribution is -2.56. The van der Waals surface area contributed by atoms with Gasteiger partial charge in [-0.05, 0) is 30.5 Å². The molecule has 24 heavy (non-hydrogen) atoms. The van der Waals surface area contributed by atoms with E-state index in [2.05, 4.69) is 5.32 Å². The van der Waals surface area contributed by atoms with Gasteiger partial charge in [0.1, 0.15) is 5.82 Å². The summed E-state index contributed by atoms with van der Waals surface area (Å²) in [7, 11) is 1.57. The Morgan fingerprint density at radius 2 is 2.33 bits per heavy atom. The number of nitrogens with one attached hydrogen (secondary N) is 1. The van der Waals surface area contributed by atoms with Crippen molar-refractivity contribution >= 4 is 11.8 Å². The molecule has 2 heterocycles. The molecule has 2 fully saturated rings. The van der Waals surface area contributed by atoms with Crippen LogP contribution in [0, 0.1) is 5.82 Å². The third-order valence-corrected chi connectivity index (χ3v) is 5.08. The van der Waals surface area contributed by atoms with E-state index in [0.29, 0.717) is 32.5 Å². The van der Waals surface area contributed by atoms with E-state index in [-0.39, 0.29) is 23.5 Å². The molecule has 0 saturated carbocycles. The molecule has 1 N–H and O–H groups in total. The van der Waals surface area contributed by atoms with E-state index in [4.69, 9.17) is 4.74 Å². The van der Waals surface area contributed by atoms with Gasteiger partial charge in [-0.2, -0.15) is 0 Å². The maximum atomic E-state index is 13.7. The Morgan fingerprint density at radius 3 is 3.04 bits per heavy atom. The van der Waals surface area contributed by atoms with Gasteiger partial charge in [0, 0.05) is 32.5 Å². The zero-order chi connectivity index (χ0) is 17.2. The van der Waals surface area contributed by atoms with Crippen molar-refractivity contribution in [2.45, 2.75) is 37.1 Å². The highest BCUT2D eigenvalue weighted by Gasteiger charge is 2.50. The largest absolute Gasteiger partial charge is 0.384 e. The minimum Gasteiger partial charge on any atom is -0.384 e. The number of benzene rings is 1. The molecular weight excluding hydrogens is 311 g/mol. The summed E-state index contributed by atoms with van der Waals surface area (Å²) in [6, 6.07) is 6.47. The second-order valence-electron chi connectivity index (χ2n) is 6.68. The van der Waals surface area contributed by atoms with Gasteiger partial charge >= 0.3 is 0 Å². The van der Waals surface area contributed by atoms with Crippen molar-refractivity contribution in [2.24, 2.45) is 0 Å². The number of rotatable bonds is 4. The van der Waals surface area contributed by atoms with E-state index in [1.165, 1.54) is 12.1 Å². The number of methoxy groups -OCH3 is 1. The predicted molar refractivity (Wildman–Crippen MR) is 86.9 cm³/mol. The summed E-state index contributed by atoms with van der Waals surface area (Å²) in [6.45, 7) is 1.34. The predicted octanol–water partition coefficient (Wildman–Crippen LogP) is 1.83. The quantitative estimate of drug-likeness (QED) is 0.914. The monoisotopic (exact) mass is 334 g/mol. The van der Waals surface area contributed by atoms with Gasteiger partial charge in [0.15, 0.2) is 0 Å². The molecule has 2 atom stereocenters. The first-order valence-electron chi connectivity index (χ1n) is 8.37. The summed E-state index contributed by atoms with van der Waals surface area (Å²) in [4.78, 5) is 26.2. The average Bonchev–Trinajstić information content (AvgIpc) is 2.91. The highest BCUT2D eigenvalue weighted by atomic mass is 19.1. The molecule has 0 unspecified atom stereocenters. The summed E-state index contributed by atoms with van der Waals surface area (Å²) in [6.07, 6.45) is 2.41. The second kappa shape index (κ2) is 6.89. The molecule has 3 rings (SSSR count). The number of halogens is 1. The van der Waals surface area contributed by atoms with Gasteiger partial charge in [-0.3, -0.25) is 9.59 Å². The van der Waals surface area contributed by atoms with Crippen LogP contribution in [0.1, 0.15) is 37.2 Å². The summed E-state index contributed by atoms with van der Waals surface area (Å²) in [5.74, 6) is -0.373. The van der Waals surface area contributed by atoms with Gasteiger partial charge in [0.25, 0.3) is 0 Å². The van der Waals surface area contributed by atoms with Crippen molar-refractivity contribution in [1.29, 1.82) is 0 Å². The zero-order valence-corrected chi connectivity index (χ0v) is 13.9. The van der Waals surface area contributed by atoms with Gasteiger partial charge in [0.2, 0.25) is 11.8 Å². The van der Waals surface area contributed by atoms with E-state index in [9.17, 15) is 14.0 Å². The van der Waals surface area contributed by atoms with Crippen LogP contribution in [0.15, 0.2) is 24.3 Å². The molecule has 1 aromatic rings. The molecule has 2 aliphatic rings. The molecule has 0 bridgehead atoms. The van der Waals surface area contributed by atoms with Crippen LogP contribution in [0.5, 0.6) is 0 Å². The highest BCUT2D eigenvalue weighted by molar-refractivity contribution is 5.80. The van der Waals surface area contributed by atoms with Crippen LogP contribution in [0.3, 0.4) is 0 Å². The van der Waals surface area contributed by atoms with Gasteiger partial charge in [0.05, 0.1) is 18.6 Å². The third kappa shape index (κ3) is 3.29. The molecule has 1 spiro atoms. The lowest BCUT2D eigenvalue weighted by atomic mass is 9.76. The highest BCUT2D eigenvalue weighted by Crippen LogP contribution is 2.41. The average molecular weight is 334 g/mol. The van der Waals surface area contributed by atoms with Crippen LogP contribution in [0.4, 0.5) is 4.39 Å². The van der Waals surface area contributed by atoms with Gasteiger partial charge in [-0.15, -0.1) is 0 Å². The molecule has 2 aliphatic heterocycles. The fourth-order valence-electron chi connectivity index (χ4n) is 3.94. The summed E-state index contributed by atoms with van der Waals surface area (Å²) >= 11 is 0. The molecule has 2 amide bonds. The number of amides is 2. The van der Waals surface area contributed by atoms with E-state index in [1.54, 1.807) is 18.1 Å². The van der Waals surface area contributed by atoms with Gasteiger partial charge in [-0.25, -0.2) is 4.39 Å². The van der Waals surface area contributed by atoms with Crippen molar-refractivity contribution in [3.8, 4) is 0 Å². The van der Waals surface area contributed by atoms with Crippen molar-refractivity contribution < 1.29 is 18.7 Å². The number of hydrogen-bond acceptors (Lipinski definition) is 3. The van der Waals surface area contributed by atoms with Crippen molar-refractivity contribution in [2.75, 3.05) is 26.8 Å². The Labute approximate surface area is 141 Å². The lowest BCUT2D eigenvalue weighted by Gasteiger charge is -2.39. The van der Waals surface area contributed by atoms with Crippen LogP contribution < -0.4 is 5.32 Å². The number of piperidine rings is 1. The van der Waals surface area contributed by atoms with Gasteiger partial charge < -0.3 is 15.0 Å². The van der Waals surface area contributed by atoms with Gasteiger partial charge in [-0.1, -0.05) is 12.1 Å². The normalized spacial score (nSPS) is 26.7. The van der Waals surface area contributed by atoms with Crippen molar-refractivity contribution in [3.63, 3.8) is 0 Å². The minimum atomic E-state index is -0.494. The topological polar surface area (TPSA) is 58.6 Å². The third-order valence-electron chi connectivity index (χ3n) is 5.08. The Hall–Kier alpha value is -1.95. The van der Waals surface area contributed by atoms with Crippen molar-refractivity contribution in [1.82, 2.24) is 10.2 Å². The summed E-state index contributed by atoms with van der Waals surface area (Å²) in [5, 5.41) is 3.11. The molecule has 5 nitrogen and oxygen atoms in total. The number of carbonyl (C=O) groups is 2. The first-order valence-corrected chi connectivity index (χ1v) is 8.37. The van der Waals surface area contributed by atoms with E-state index in [0.717, 1.165) is 18.4 Å². The second-order valence-corrected chi connectivity index (χ2v) is 6.68. The molecule has 2 saturated heterocycles. The Balaban J connectivity index is 1.88. The molecule has 0 aromatic heterocycles. The molecule has 0 aliphatic carbocycles. The fourth-order valence-corrected chi connectivity index (χ4v) is 3.94. The number of nitrogens with zero attached hydrogens (tertiary/aromatic N) is 1. The molecule has 0 radical (unpaired) electrons. The van der Waals surface area contributed by atoms with Crippen LogP contribution in [0.25, 0.3) is 0 Å². The van der Waals surface area contributed by atoms with Crippen LogP contribution in [-0.4, -0.2) is 49.1 Å². The molecule has 1 aromatic carbocycles.